The summed E-state index contributed by atoms with van der Waals surface area (Å²) >= 11 is 5.93. The van der Waals surface area contributed by atoms with Gasteiger partial charge >= 0.3 is 5.91 Å². The third-order valence-corrected chi connectivity index (χ3v) is 4.64. The number of fused-ring (bicyclic) bond motifs is 1. The average molecular weight is 402 g/mol. The molecule has 0 aliphatic carbocycles. The third-order valence-electron chi connectivity index (χ3n) is 4.41. The van der Waals surface area contributed by atoms with Crippen molar-refractivity contribution in [1.29, 1.82) is 0 Å². The molecular weight excluding hydrogens is 385 g/mol. The third kappa shape index (κ3) is 4.00. The molecule has 6 nitrogen and oxygen atoms in total. The molecule has 1 aliphatic heterocycles. The maximum Gasteiger partial charge on any atom is 0.307 e. The van der Waals surface area contributed by atoms with Crippen LogP contribution >= 0.6 is 11.6 Å². The molecule has 3 aromatic rings. The number of anilines is 1. The quantitative estimate of drug-likeness (QED) is 0.533. The summed E-state index contributed by atoms with van der Waals surface area (Å²) in [5, 5.41) is 5.16. The first-order valence-corrected chi connectivity index (χ1v) is 9.13. The molecule has 1 saturated heterocycles. The van der Waals surface area contributed by atoms with E-state index in [1.807, 2.05) is 4.90 Å². The summed E-state index contributed by atoms with van der Waals surface area (Å²) in [6.45, 7) is 2.48. The number of benzene rings is 2. The van der Waals surface area contributed by atoms with Gasteiger partial charge in [-0.05, 0) is 42.0 Å². The van der Waals surface area contributed by atoms with E-state index in [1.54, 1.807) is 36.4 Å². The highest BCUT2D eigenvalue weighted by Crippen LogP contribution is 2.23. The normalized spacial score (nSPS) is 14.7. The van der Waals surface area contributed by atoms with Crippen molar-refractivity contribution in [3.8, 4) is 0 Å². The number of hydrogen-bond acceptors (Lipinski definition) is 5. The van der Waals surface area contributed by atoms with E-state index >= 15 is 0 Å². The Kier molecular flexibility index (Phi) is 5.27. The monoisotopic (exact) mass is 401 g/mol. The lowest BCUT2D eigenvalue weighted by Gasteiger charge is -2.29. The van der Waals surface area contributed by atoms with Crippen molar-refractivity contribution in [3.63, 3.8) is 0 Å². The molecule has 4 rings (SSSR count). The van der Waals surface area contributed by atoms with Gasteiger partial charge in [0, 0.05) is 23.5 Å². The van der Waals surface area contributed by atoms with Gasteiger partial charge in [-0.15, -0.1) is 0 Å². The number of rotatable bonds is 4. The Bertz CT molecular complexity index is 1040. The Hall–Kier alpha value is -2.90. The van der Waals surface area contributed by atoms with Crippen LogP contribution in [0.1, 0.15) is 16.1 Å². The van der Waals surface area contributed by atoms with E-state index in [0.717, 1.165) is 5.39 Å². The number of morpholine rings is 1. The van der Waals surface area contributed by atoms with Gasteiger partial charge < -0.3 is 14.1 Å². The Morgan fingerprint density at radius 2 is 2.00 bits per heavy atom. The van der Waals surface area contributed by atoms with Crippen LogP contribution in [0, 0.1) is 5.82 Å². The molecule has 0 saturated carbocycles. The molecule has 2 heterocycles. The van der Waals surface area contributed by atoms with Crippen LogP contribution in [0.5, 0.6) is 0 Å². The minimum Gasteiger partial charge on any atom is -0.451 e. The summed E-state index contributed by atoms with van der Waals surface area (Å²) in [4.78, 5) is 14.1. The van der Waals surface area contributed by atoms with Crippen molar-refractivity contribution in [1.82, 2.24) is 5.43 Å². The second kappa shape index (κ2) is 8.00. The molecule has 144 valence electrons. The summed E-state index contributed by atoms with van der Waals surface area (Å²) in [7, 11) is 0. The zero-order chi connectivity index (χ0) is 19.5. The summed E-state index contributed by atoms with van der Waals surface area (Å²) in [5.74, 6) is -0.733. The van der Waals surface area contributed by atoms with E-state index in [9.17, 15) is 9.18 Å². The highest BCUT2D eigenvalue weighted by molar-refractivity contribution is 6.31. The first kappa shape index (κ1) is 18.5. The van der Waals surface area contributed by atoms with Gasteiger partial charge in [0.05, 0.1) is 25.1 Å². The summed E-state index contributed by atoms with van der Waals surface area (Å²) in [6.07, 6.45) is 1.38. The molecule has 0 radical (unpaired) electrons. The maximum atomic E-state index is 14.4. The number of ether oxygens (including phenoxy) is 1. The first-order valence-electron chi connectivity index (χ1n) is 8.75. The summed E-state index contributed by atoms with van der Waals surface area (Å²) in [6, 6.07) is 11.5. The molecular formula is C20H17ClFN3O3. The van der Waals surface area contributed by atoms with E-state index in [2.05, 4.69) is 10.5 Å². The number of nitrogens with zero attached hydrogens (tertiary/aromatic N) is 2. The predicted octanol–water partition coefficient (Wildman–Crippen LogP) is 3.83. The Balaban J connectivity index is 1.42. The van der Waals surface area contributed by atoms with Gasteiger partial charge in [0.15, 0.2) is 5.76 Å². The van der Waals surface area contributed by atoms with E-state index in [4.69, 9.17) is 20.8 Å². The molecule has 1 aliphatic rings. The van der Waals surface area contributed by atoms with Crippen LogP contribution in [-0.4, -0.2) is 38.4 Å². The zero-order valence-corrected chi connectivity index (χ0v) is 15.6. The fraction of sp³-hybridized carbons (Fsp3) is 0.200. The number of hydrazone groups is 1. The van der Waals surface area contributed by atoms with Crippen molar-refractivity contribution < 1.29 is 18.3 Å². The molecule has 2 aromatic carbocycles. The van der Waals surface area contributed by atoms with Gasteiger partial charge in [0.25, 0.3) is 0 Å². The fourth-order valence-corrected chi connectivity index (χ4v) is 3.19. The van der Waals surface area contributed by atoms with Crippen LogP contribution in [0.15, 0.2) is 52.0 Å². The number of hydrogen-bond donors (Lipinski definition) is 1. The standard InChI is InChI=1S/C20H17ClFN3O3/c21-15-2-4-18-14(10-15)11-19(28-18)20(26)24-23-12-13-1-3-17(16(22)9-13)25-5-7-27-8-6-25/h1-4,9-12H,5-8H2,(H,24,26)/b23-12-. The second-order valence-electron chi connectivity index (χ2n) is 6.30. The Labute approximate surface area is 165 Å². The molecule has 1 aromatic heterocycles. The molecule has 1 fully saturated rings. The number of furan rings is 1. The smallest absolute Gasteiger partial charge is 0.307 e. The lowest BCUT2D eigenvalue weighted by Crippen LogP contribution is -2.36. The number of halogens is 2. The van der Waals surface area contributed by atoms with Crippen LogP contribution in [0.4, 0.5) is 10.1 Å². The lowest BCUT2D eigenvalue weighted by atomic mass is 10.2. The van der Waals surface area contributed by atoms with E-state index in [-0.39, 0.29) is 11.6 Å². The first-order chi connectivity index (χ1) is 13.6. The van der Waals surface area contributed by atoms with Crippen LogP contribution in [0.3, 0.4) is 0 Å². The predicted molar refractivity (Wildman–Crippen MR) is 106 cm³/mol. The van der Waals surface area contributed by atoms with Gasteiger partial charge in [-0.25, -0.2) is 9.82 Å². The highest BCUT2D eigenvalue weighted by atomic mass is 35.5. The van der Waals surface area contributed by atoms with Gasteiger partial charge in [0.1, 0.15) is 11.4 Å². The molecule has 0 bridgehead atoms. The van der Waals surface area contributed by atoms with Crippen molar-refractivity contribution in [2.24, 2.45) is 5.10 Å². The molecule has 28 heavy (non-hydrogen) atoms. The topological polar surface area (TPSA) is 67.1 Å². The van der Waals surface area contributed by atoms with E-state index < -0.39 is 5.91 Å². The Morgan fingerprint density at radius 3 is 2.79 bits per heavy atom. The van der Waals surface area contributed by atoms with Crippen LogP contribution < -0.4 is 10.3 Å². The Morgan fingerprint density at radius 1 is 1.18 bits per heavy atom. The molecule has 1 amide bonds. The SMILES string of the molecule is O=C(N/N=C\c1ccc(N2CCOCC2)c(F)c1)c1cc2cc(Cl)ccc2o1. The van der Waals surface area contributed by atoms with Crippen molar-refractivity contribution >= 4 is 40.4 Å². The summed E-state index contributed by atoms with van der Waals surface area (Å²) < 4.78 is 25.1. The van der Waals surface area contributed by atoms with Gasteiger partial charge in [-0.2, -0.15) is 5.10 Å². The van der Waals surface area contributed by atoms with Crippen molar-refractivity contribution in [2.45, 2.75) is 0 Å². The average Bonchev–Trinajstić information content (AvgIpc) is 3.12. The van der Waals surface area contributed by atoms with E-state index in [1.165, 1.54) is 12.3 Å². The summed E-state index contributed by atoms with van der Waals surface area (Å²) in [5.41, 5.74) is 4.00. The highest BCUT2D eigenvalue weighted by Gasteiger charge is 2.15. The molecule has 0 atom stereocenters. The molecule has 0 spiro atoms. The molecule has 0 unspecified atom stereocenters. The number of carbonyl (C=O) groups excluding carboxylic acids is 1. The number of amides is 1. The minimum absolute atomic E-state index is 0.114. The number of nitrogens with one attached hydrogen (secondary N) is 1. The second-order valence-corrected chi connectivity index (χ2v) is 6.74. The van der Waals surface area contributed by atoms with Crippen LogP contribution in [0.25, 0.3) is 11.0 Å². The van der Waals surface area contributed by atoms with Crippen molar-refractivity contribution in [2.75, 3.05) is 31.2 Å². The van der Waals surface area contributed by atoms with Gasteiger partial charge in [-0.3, -0.25) is 4.79 Å². The van der Waals surface area contributed by atoms with E-state index in [0.29, 0.717) is 48.2 Å². The fourth-order valence-electron chi connectivity index (χ4n) is 3.01. The zero-order valence-electron chi connectivity index (χ0n) is 14.8. The molecule has 1 N–H and O–H groups in total. The minimum atomic E-state index is -0.506. The lowest BCUT2D eigenvalue weighted by molar-refractivity contribution is 0.0929. The maximum absolute atomic E-state index is 14.4. The largest absolute Gasteiger partial charge is 0.451 e. The van der Waals surface area contributed by atoms with Crippen LogP contribution in [0.2, 0.25) is 5.02 Å². The van der Waals surface area contributed by atoms with Crippen molar-refractivity contribution in [3.05, 3.63) is 64.6 Å². The van der Waals surface area contributed by atoms with Gasteiger partial charge in [-0.1, -0.05) is 17.7 Å². The van der Waals surface area contributed by atoms with Gasteiger partial charge in [0.2, 0.25) is 0 Å². The molecule has 8 heteroatoms. The number of carbonyl (C=O) groups is 1. The van der Waals surface area contributed by atoms with Crippen LogP contribution in [-0.2, 0) is 4.74 Å².